The zero-order valence-electron chi connectivity index (χ0n) is 17.4. The first-order chi connectivity index (χ1) is 14.8. The highest BCUT2D eigenvalue weighted by Crippen LogP contribution is 2.19. The van der Waals surface area contributed by atoms with Crippen molar-refractivity contribution in [3.8, 4) is 5.75 Å². The van der Waals surface area contributed by atoms with Crippen LogP contribution in [0.3, 0.4) is 0 Å². The summed E-state index contributed by atoms with van der Waals surface area (Å²) in [6, 6.07) is 18.7. The second kappa shape index (κ2) is 9.61. The molecule has 1 heterocycles. The van der Waals surface area contributed by atoms with E-state index in [0.717, 1.165) is 5.56 Å². The number of sulfone groups is 1. The molecule has 0 saturated heterocycles. The second-order valence-electron chi connectivity index (χ2n) is 6.97. The van der Waals surface area contributed by atoms with Crippen LogP contribution in [0, 0.1) is 0 Å². The van der Waals surface area contributed by atoms with Crippen LogP contribution in [-0.2, 0) is 29.9 Å². The number of amides is 1. The van der Waals surface area contributed by atoms with Crippen molar-refractivity contribution in [1.82, 2.24) is 9.88 Å². The number of ether oxygens (including phenoxy) is 1. The van der Waals surface area contributed by atoms with Crippen molar-refractivity contribution in [2.24, 2.45) is 7.05 Å². The maximum absolute atomic E-state index is 12.8. The Labute approximate surface area is 181 Å². The zero-order chi connectivity index (χ0) is 22.4. The summed E-state index contributed by atoms with van der Waals surface area (Å²) in [6.45, 7) is 0.127. The standard InChI is InChI=1S/C23H24N2O5S/c1-24-23(27)21-22(30-16-17-9-5-3-6-10-17)20(26)15-18(25(21)2)13-14-31(28,29)19-11-7-4-8-12-19/h3-12,15H,13-14,16H2,1-2H3,(H,24,27). The lowest BCUT2D eigenvalue weighted by atomic mass is 10.2. The van der Waals surface area contributed by atoms with Crippen molar-refractivity contribution in [3.63, 3.8) is 0 Å². The van der Waals surface area contributed by atoms with Crippen LogP contribution in [0.4, 0.5) is 0 Å². The van der Waals surface area contributed by atoms with Gasteiger partial charge in [-0.05, 0) is 17.7 Å². The molecule has 0 aliphatic rings. The number of rotatable bonds is 8. The van der Waals surface area contributed by atoms with Gasteiger partial charge in [-0.15, -0.1) is 0 Å². The van der Waals surface area contributed by atoms with Crippen LogP contribution in [0.2, 0.25) is 0 Å². The van der Waals surface area contributed by atoms with Crippen LogP contribution in [0.25, 0.3) is 0 Å². The quantitative estimate of drug-likeness (QED) is 0.580. The molecule has 162 valence electrons. The van der Waals surface area contributed by atoms with Gasteiger partial charge in [0.15, 0.2) is 21.3 Å². The molecule has 0 fully saturated rings. The number of nitrogens with one attached hydrogen (secondary N) is 1. The summed E-state index contributed by atoms with van der Waals surface area (Å²) >= 11 is 0. The molecule has 0 unspecified atom stereocenters. The molecule has 0 spiro atoms. The topological polar surface area (TPSA) is 94.5 Å². The molecule has 0 aliphatic heterocycles. The Morgan fingerprint density at radius 3 is 2.26 bits per heavy atom. The van der Waals surface area contributed by atoms with Crippen LogP contribution in [0.5, 0.6) is 5.75 Å². The van der Waals surface area contributed by atoms with Gasteiger partial charge in [0, 0.05) is 32.3 Å². The first-order valence-electron chi connectivity index (χ1n) is 9.73. The van der Waals surface area contributed by atoms with E-state index in [1.165, 1.54) is 29.8 Å². The third-order valence-electron chi connectivity index (χ3n) is 4.90. The minimum Gasteiger partial charge on any atom is -0.483 e. The lowest BCUT2D eigenvalue weighted by Crippen LogP contribution is -2.29. The van der Waals surface area contributed by atoms with E-state index >= 15 is 0 Å². The average Bonchev–Trinajstić information content (AvgIpc) is 2.79. The highest BCUT2D eigenvalue weighted by atomic mass is 32.2. The van der Waals surface area contributed by atoms with Crippen LogP contribution < -0.4 is 15.5 Å². The van der Waals surface area contributed by atoms with Crippen LogP contribution in [0.15, 0.2) is 76.4 Å². The number of carbonyl (C=O) groups is 1. The summed E-state index contributed by atoms with van der Waals surface area (Å²) in [5, 5.41) is 2.52. The van der Waals surface area contributed by atoms with Crippen molar-refractivity contribution in [3.05, 3.63) is 93.9 Å². The molecule has 2 aromatic carbocycles. The molecular weight excluding hydrogens is 416 g/mol. The Balaban J connectivity index is 1.91. The van der Waals surface area contributed by atoms with Crippen LogP contribution in [0.1, 0.15) is 21.7 Å². The van der Waals surface area contributed by atoms with E-state index in [1.54, 1.807) is 25.2 Å². The van der Waals surface area contributed by atoms with Crippen molar-refractivity contribution in [2.75, 3.05) is 12.8 Å². The van der Waals surface area contributed by atoms with E-state index in [2.05, 4.69) is 5.32 Å². The fourth-order valence-electron chi connectivity index (χ4n) is 3.19. The number of hydrogen-bond donors (Lipinski definition) is 1. The minimum atomic E-state index is -3.53. The monoisotopic (exact) mass is 440 g/mol. The molecule has 0 bridgehead atoms. The van der Waals surface area contributed by atoms with Gasteiger partial charge >= 0.3 is 0 Å². The van der Waals surface area contributed by atoms with Gasteiger partial charge in [-0.3, -0.25) is 9.59 Å². The molecular formula is C23H24N2O5S. The van der Waals surface area contributed by atoms with E-state index in [0.29, 0.717) is 5.69 Å². The number of aryl methyl sites for hydroxylation is 1. The molecule has 0 aliphatic carbocycles. The van der Waals surface area contributed by atoms with Gasteiger partial charge in [-0.25, -0.2) is 8.42 Å². The Morgan fingerprint density at radius 2 is 1.65 bits per heavy atom. The van der Waals surface area contributed by atoms with E-state index in [1.807, 2.05) is 30.3 Å². The summed E-state index contributed by atoms with van der Waals surface area (Å²) in [5.74, 6) is -0.752. The highest BCUT2D eigenvalue weighted by molar-refractivity contribution is 7.91. The summed E-state index contributed by atoms with van der Waals surface area (Å²) < 4.78 is 32.5. The summed E-state index contributed by atoms with van der Waals surface area (Å²) in [5.41, 5.74) is 0.860. The molecule has 8 heteroatoms. The van der Waals surface area contributed by atoms with Gasteiger partial charge < -0.3 is 14.6 Å². The van der Waals surface area contributed by atoms with Gasteiger partial charge in [0.25, 0.3) is 5.91 Å². The van der Waals surface area contributed by atoms with E-state index in [-0.39, 0.29) is 35.1 Å². The number of hydrogen-bond acceptors (Lipinski definition) is 5. The fraction of sp³-hybridized carbons (Fsp3) is 0.217. The number of nitrogens with zero attached hydrogens (tertiary/aromatic N) is 1. The maximum Gasteiger partial charge on any atom is 0.271 e. The number of pyridine rings is 1. The smallest absolute Gasteiger partial charge is 0.271 e. The Hall–Kier alpha value is -3.39. The van der Waals surface area contributed by atoms with Gasteiger partial charge in [0.1, 0.15) is 6.61 Å². The van der Waals surface area contributed by atoms with Crippen molar-refractivity contribution < 1.29 is 17.9 Å². The molecule has 3 aromatic rings. The van der Waals surface area contributed by atoms with E-state index in [4.69, 9.17) is 4.74 Å². The average molecular weight is 441 g/mol. The molecule has 0 saturated carbocycles. The normalized spacial score (nSPS) is 11.2. The fourth-order valence-corrected chi connectivity index (χ4v) is 4.48. The highest BCUT2D eigenvalue weighted by Gasteiger charge is 2.22. The zero-order valence-corrected chi connectivity index (χ0v) is 18.2. The lowest BCUT2D eigenvalue weighted by molar-refractivity contribution is 0.0948. The van der Waals surface area contributed by atoms with Crippen LogP contribution in [-0.4, -0.2) is 31.7 Å². The molecule has 3 rings (SSSR count). The lowest BCUT2D eigenvalue weighted by Gasteiger charge is -2.18. The van der Waals surface area contributed by atoms with E-state index in [9.17, 15) is 18.0 Å². The maximum atomic E-state index is 12.8. The third-order valence-corrected chi connectivity index (χ3v) is 6.63. The number of carbonyl (C=O) groups excluding carboxylic acids is 1. The van der Waals surface area contributed by atoms with Gasteiger partial charge in [0.2, 0.25) is 5.43 Å². The van der Waals surface area contributed by atoms with Crippen molar-refractivity contribution >= 4 is 15.7 Å². The molecule has 31 heavy (non-hydrogen) atoms. The molecule has 7 nitrogen and oxygen atoms in total. The third kappa shape index (κ3) is 5.21. The van der Waals surface area contributed by atoms with E-state index < -0.39 is 21.2 Å². The van der Waals surface area contributed by atoms with Gasteiger partial charge in [-0.2, -0.15) is 0 Å². The Bertz CT molecular complexity index is 1220. The second-order valence-corrected chi connectivity index (χ2v) is 9.08. The molecule has 1 aromatic heterocycles. The molecule has 0 atom stereocenters. The SMILES string of the molecule is CNC(=O)c1c(OCc2ccccc2)c(=O)cc(CCS(=O)(=O)c2ccccc2)n1C. The number of benzene rings is 2. The molecule has 0 radical (unpaired) electrons. The Morgan fingerprint density at radius 1 is 1.03 bits per heavy atom. The minimum absolute atomic E-state index is 0.0537. The van der Waals surface area contributed by atoms with Crippen molar-refractivity contribution in [2.45, 2.75) is 17.9 Å². The van der Waals surface area contributed by atoms with Crippen molar-refractivity contribution in [1.29, 1.82) is 0 Å². The summed E-state index contributed by atoms with van der Waals surface area (Å²) in [7, 11) is -0.457. The predicted molar refractivity (Wildman–Crippen MR) is 118 cm³/mol. The first kappa shape index (κ1) is 22.3. The molecule has 1 amide bonds. The van der Waals surface area contributed by atoms with Gasteiger partial charge in [-0.1, -0.05) is 48.5 Å². The summed E-state index contributed by atoms with van der Waals surface area (Å²) in [4.78, 5) is 25.5. The van der Waals surface area contributed by atoms with Crippen LogP contribution >= 0.6 is 0 Å². The first-order valence-corrected chi connectivity index (χ1v) is 11.4. The predicted octanol–water partition coefficient (Wildman–Crippen LogP) is 2.34. The largest absolute Gasteiger partial charge is 0.483 e. The number of aromatic nitrogens is 1. The summed E-state index contributed by atoms with van der Waals surface area (Å²) in [6.07, 6.45) is 0.0753. The Kier molecular flexibility index (Phi) is 6.91. The molecule has 1 N–H and O–H groups in total. The van der Waals surface area contributed by atoms with Gasteiger partial charge in [0.05, 0.1) is 10.6 Å².